The van der Waals surface area contributed by atoms with Crippen molar-refractivity contribution in [3.05, 3.63) is 29.3 Å². The topological polar surface area (TPSA) is 55.5 Å². The Kier molecular flexibility index (Phi) is 2.93. The molecular weight excluding hydrogens is 190 g/mol. The fraction of sp³-hybridized carbons (Fsp3) is 0.500. The van der Waals surface area contributed by atoms with Gasteiger partial charge in [-0.25, -0.2) is 0 Å². The highest BCUT2D eigenvalue weighted by Gasteiger charge is 2.29. The van der Waals surface area contributed by atoms with E-state index in [0.29, 0.717) is 12.5 Å². The van der Waals surface area contributed by atoms with Gasteiger partial charge in [-0.1, -0.05) is 6.07 Å². The van der Waals surface area contributed by atoms with Crippen LogP contribution < -0.4 is 10.5 Å². The Balaban J connectivity index is 2.34. The van der Waals surface area contributed by atoms with Crippen LogP contribution in [0.1, 0.15) is 36.0 Å². The number of hydrogen-bond donors (Lipinski definition) is 2. The highest BCUT2D eigenvalue weighted by molar-refractivity contribution is 5.42. The van der Waals surface area contributed by atoms with Gasteiger partial charge < -0.3 is 15.6 Å². The fourth-order valence-electron chi connectivity index (χ4n) is 2.33. The zero-order valence-electron chi connectivity index (χ0n) is 8.94. The van der Waals surface area contributed by atoms with Crippen molar-refractivity contribution in [3.63, 3.8) is 0 Å². The molecule has 1 aromatic rings. The molecule has 1 aromatic carbocycles. The Morgan fingerprint density at radius 1 is 1.47 bits per heavy atom. The quantitative estimate of drug-likeness (QED) is 0.791. The number of aliphatic hydroxyl groups is 1. The van der Waals surface area contributed by atoms with Crippen LogP contribution in [0.3, 0.4) is 0 Å². The number of rotatable bonds is 3. The Hall–Kier alpha value is -1.06. The van der Waals surface area contributed by atoms with E-state index < -0.39 is 0 Å². The molecule has 0 fully saturated rings. The van der Waals surface area contributed by atoms with Gasteiger partial charge in [0.25, 0.3) is 0 Å². The van der Waals surface area contributed by atoms with Crippen LogP contribution in [0.15, 0.2) is 18.2 Å². The van der Waals surface area contributed by atoms with Crippen molar-refractivity contribution in [2.75, 3.05) is 13.7 Å². The van der Waals surface area contributed by atoms with Crippen molar-refractivity contribution in [1.29, 1.82) is 0 Å². The van der Waals surface area contributed by atoms with Crippen LogP contribution in [-0.4, -0.2) is 18.8 Å². The molecule has 82 valence electrons. The summed E-state index contributed by atoms with van der Waals surface area (Å²) in [6.45, 7) is 0.661. The first-order chi connectivity index (χ1) is 7.26. The lowest BCUT2D eigenvalue weighted by atomic mass is 9.98. The molecule has 0 aliphatic heterocycles. The SMILES string of the molecule is COc1ccc2c(c1)C(CCN)CC2O. The van der Waals surface area contributed by atoms with Gasteiger partial charge in [-0.2, -0.15) is 0 Å². The van der Waals surface area contributed by atoms with Crippen molar-refractivity contribution >= 4 is 0 Å². The smallest absolute Gasteiger partial charge is 0.119 e. The predicted octanol–water partition coefficient (Wildman–Crippen LogP) is 1.56. The molecule has 1 aliphatic rings. The average Bonchev–Trinajstić information content (AvgIpc) is 2.56. The standard InChI is InChI=1S/C12H17NO2/c1-15-9-2-3-10-11(7-9)8(4-5-13)6-12(10)14/h2-3,7-8,12,14H,4-6,13H2,1H3. The van der Waals surface area contributed by atoms with Crippen molar-refractivity contribution in [2.45, 2.75) is 24.9 Å². The van der Waals surface area contributed by atoms with Gasteiger partial charge in [0, 0.05) is 0 Å². The first kappa shape index (κ1) is 10.5. The van der Waals surface area contributed by atoms with Crippen LogP contribution in [0.25, 0.3) is 0 Å². The number of fused-ring (bicyclic) bond motifs is 1. The van der Waals surface area contributed by atoms with Crippen LogP contribution in [0.4, 0.5) is 0 Å². The lowest BCUT2D eigenvalue weighted by Gasteiger charge is -2.10. The second-order valence-corrected chi connectivity index (χ2v) is 4.02. The van der Waals surface area contributed by atoms with E-state index in [2.05, 4.69) is 0 Å². The lowest BCUT2D eigenvalue weighted by molar-refractivity contribution is 0.172. The molecule has 0 amide bonds. The molecule has 2 rings (SSSR count). The third kappa shape index (κ3) is 1.85. The van der Waals surface area contributed by atoms with Crippen LogP contribution in [0.2, 0.25) is 0 Å². The normalized spacial score (nSPS) is 23.9. The Morgan fingerprint density at radius 3 is 2.93 bits per heavy atom. The molecule has 0 bridgehead atoms. The monoisotopic (exact) mass is 207 g/mol. The molecule has 1 aliphatic carbocycles. The largest absolute Gasteiger partial charge is 0.497 e. The van der Waals surface area contributed by atoms with Crippen LogP contribution >= 0.6 is 0 Å². The zero-order chi connectivity index (χ0) is 10.8. The highest BCUT2D eigenvalue weighted by Crippen LogP contribution is 2.43. The summed E-state index contributed by atoms with van der Waals surface area (Å²) in [6.07, 6.45) is 1.39. The summed E-state index contributed by atoms with van der Waals surface area (Å²) in [5, 5.41) is 9.86. The van der Waals surface area contributed by atoms with Crippen molar-refractivity contribution in [2.24, 2.45) is 5.73 Å². The van der Waals surface area contributed by atoms with E-state index in [1.807, 2.05) is 18.2 Å². The van der Waals surface area contributed by atoms with E-state index in [0.717, 1.165) is 24.2 Å². The number of benzene rings is 1. The second-order valence-electron chi connectivity index (χ2n) is 4.02. The van der Waals surface area contributed by atoms with E-state index in [1.54, 1.807) is 7.11 Å². The number of hydrogen-bond acceptors (Lipinski definition) is 3. The average molecular weight is 207 g/mol. The summed E-state index contributed by atoms with van der Waals surface area (Å²) in [5.74, 6) is 1.24. The molecule has 0 aromatic heterocycles. The summed E-state index contributed by atoms with van der Waals surface area (Å²) in [5.41, 5.74) is 7.81. The van der Waals surface area contributed by atoms with Crippen LogP contribution in [0.5, 0.6) is 5.75 Å². The van der Waals surface area contributed by atoms with E-state index in [1.165, 1.54) is 5.56 Å². The van der Waals surface area contributed by atoms with E-state index in [-0.39, 0.29) is 6.10 Å². The zero-order valence-corrected chi connectivity index (χ0v) is 8.94. The summed E-state index contributed by atoms with van der Waals surface area (Å²) in [6, 6.07) is 5.87. The first-order valence-corrected chi connectivity index (χ1v) is 5.32. The van der Waals surface area contributed by atoms with Gasteiger partial charge in [0.05, 0.1) is 13.2 Å². The maximum Gasteiger partial charge on any atom is 0.119 e. The molecule has 3 nitrogen and oxygen atoms in total. The van der Waals surface area contributed by atoms with Gasteiger partial charge in [-0.05, 0) is 48.6 Å². The number of aliphatic hydroxyl groups excluding tert-OH is 1. The Bertz CT molecular complexity index is 351. The second kappa shape index (κ2) is 4.21. The van der Waals surface area contributed by atoms with E-state index in [4.69, 9.17) is 10.5 Å². The molecule has 15 heavy (non-hydrogen) atoms. The fourth-order valence-corrected chi connectivity index (χ4v) is 2.33. The highest BCUT2D eigenvalue weighted by atomic mass is 16.5. The maximum absolute atomic E-state index is 9.86. The number of methoxy groups -OCH3 is 1. The lowest BCUT2D eigenvalue weighted by Crippen LogP contribution is -2.05. The van der Waals surface area contributed by atoms with Crippen LogP contribution in [0, 0.1) is 0 Å². The Morgan fingerprint density at radius 2 is 2.27 bits per heavy atom. The predicted molar refractivity (Wildman–Crippen MR) is 59.0 cm³/mol. The van der Waals surface area contributed by atoms with Gasteiger partial charge >= 0.3 is 0 Å². The number of nitrogens with two attached hydrogens (primary N) is 1. The summed E-state index contributed by atoms with van der Waals surface area (Å²) >= 11 is 0. The molecular formula is C12H17NO2. The molecule has 0 radical (unpaired) electrons. The van der Waals surface area contributed by atoms with Crippen molar-refractivity contribution in [3.8, 4) is 5.75 Å². The minimum Gasteiger partial charge on any atom is -0.497 e. The van der Waals surface area contributed by atoms with E-state index >= 15 is 0 Å². The maximum atomic E-state index is 9.86. The molecule has 3 N–H and O–H groups in total. The summed E-state index contributed by atoms with van der Waals surface area (Å²) in [7, 11) is 1.66. The molecule has 2 unspecified atom stereocenters. The minimum atomic E-state index is -0.331. The molecule has 3 heteroatoms. The van der Waals surface area contributed by atoms with Gasteiger partial charge in [0.2, 0.25) is 0 Å². The van der Waals surface area contributed by atoms with Gasteiger partial charge in [0.1, 0.15) is 5.75 Å². The minimum absolute atomic E-state index is 0.331. The summed E-state index contributed by atoms with van der Waals surface area (Å²) < 4.78 is 5.19. The number of ether oxygens (including phenoxy) is 1. The van der Waals surface area contributed by atoms with Crippen molar-refractivity contribution in [1.82, 2.24) is 0 Å². The third-order valence-corrected chi connectivity index (χ3v) is 3.12. The third-order valence-electron chi connectivity index (χ3n) is 3.12. The van der Waals surface area contributed by atoms with Crippen LogP contribution in [-0.2, 0) is 0 Å². The molecule has 0 saturated heterocycles. The van der Waals surface area contributed by atoms with Gasteiger partial charge in [0.15, 0.2) is 0 Å². The van der Waals surface area contributed by atoms with Crippen molar-refractivity contribution < 1.29 is 9.84 Å². The molecule has 0 saturated carbocycles. The van der Waals surface area contributed by atoms with Gasteiger partial charge in [-0.3, -0.25) is 0 Å². The van der Waals surface area contributed by atoms with E-state index in [9.17, 15) is 5.11 Å². The molecule has 0 heterocycles. The Labute approximate surface area is 89.9 Å². The van der Waals surface area contributed by atoms with Gasteiger partial charge in [-0.15, -0.1) is 0 Å². The summed E-state index contributed by atoms with van der Waals surface area (Å²) in [4.78, 5) is 0. The molecule has 0 spiro atoms. The first-order valence-electron chi connectivity index (χ1n) is 5.32. The molecule has 2 atom stereocenters.